The second-order valence-corrected chi connectivity index (χ2v) is 4.17. The summed E-state index contributed by atoms with van der Waals surface area (Å²) in [6, 6.07) is 7.16. The summed E-state index contributed by atoms with van der Waals surface area (Å²) in [5, 5.41) is 19.3. The summed E-state index contributed by atoms with van der Waals surface area (Å²) in [7, 11) is -1.78. The van der Waals surface area contributed by atoms with Gasteiger partial charge in [0.1, 0.15) is 0 Å². The van der Waals surface area contributed by atoms with Crippen LogP contribution in [0.4, 0.5) is 0 Å². The summed E-state index contributed by atoms with van der Waals surface area (Å²) in [4.78, 5) is 0. The Morgan fingerprint density at radius 3 is 2.79 bits per heavy atom. The second-order valence-electron chi connectivity index (χ2n) is 2.69. The lowest BCUT2D eigenvalue weighted by atomic mass is 10.2. The van der Waals surface area contributed by atoms with Gasteiger partial charge in [-0.15, -0.1) is 11.3 Å². The van der Waals surface area contributed by atoms with Crippen LogP contribution in [0.2, 0.25) is 5.02 Å². The number of hydrogen-bond acceptors (Lipinski definition) is 4. The minimum absolute atomic E-state index is 0.456. The molecule has 0 saturated carbocycles. The number of benzene rings is 1. The largest absolute Gasteiger partial charge is 0.708 e. The van der Waals surface area contributed by atoms with Crippen LogP contribution in [0.1, 0.15) is 0 Å². The van der Waals surface area contributed by atoms with Crippen LogP contribution in [0.25, 0.3) is 10.1 Å². The number of hydrogen-bond donors (Lipinski definition) is 2. The van der Waals surface area contributed by atoms with Gasteiger partial charge < -0.3 is 14.7 Å². The van der Waals surface area contributed by atoms with Gasteiger partial charge in [0.2, 0.25) is 0 Å². The van der Waals surface area contributed by atoms with Crippen molar-refractivity contribution in [2.24, 2.45) is 0 Å². The smallest absolute Gasteiger partial charge is 0.504 e. The third kappa shape index (κ3) is 2.01. The average Bonchev–Trinajstić information content (AvgIpc) is 2.44. The molecule has 1 aromatic heterocycles. The van der Waals surface area contributed by atoms with E-state index in [2.05, 4.69) is 0 Å². The molecule has 2 rings (SSSR count). The predicted octanol–water partition coefficient (Wildman–Crippen LogP) is 1.90. The van der Waals surface area contributed by atoms with E-state index >= 15 is 0 Å². The molecule has 0 fully saturated rings. The Balaban J connectivity index is 2.41. The van der Waals surface area contributed by atoms with Gasteiger partial charge in [-0.05, 0) is 23.6 Å². The fourth-order valence-corrected chi connectivity index (χ4v) is 2.35. The number of thiophene rings is 1. The van der Waals surface area contributed by atoms with Crippen LogP contribution in [-0.2, 0) is 0 Å². The maximum Gasteiger partial charge on any atom is 0.708 e. The second kappa shape index (κ2) is 3.78. The zero-order chi connectivity index (χ0) is 10.1. The van der Waals surface area contributed by atoms with Crippen molar-refractivity contribution in [1.82, 2.24) is 0 Å². The van der Waals surface area contributed by atoms with Crippen molar-refractivity contribution in [3.63, 3.8) is 0 Å². The molecule has 0 radical (unpaired) electrons. The fraction of sp³-hybridized carbons (Fsp3) is 0. The molecule has 0 aliphatic heterocycles. The van der Waals surface area contributed by atoms with Crippen LogP contribution in [0.15, 0.2) is 24.3 Å². The molecule has 72 valence electrons. The Morgan fingerprint density at radius 1 is 1.29 bits per heavy atom. The van der Waals surface area contributed by atoms with Gasteiger partial charge in [-0.1, -0.05) is 17.7 Å². The van der Waals surface area contributed by atoms with Crippen molar-refractivity contribution in [2.45, 2.75) is 0 Å². The van der Waals surface area contributed by atoms with Gasteiger partial charge in [0.15, 0.2) is 5.06 Å². The highest BCUT2D eigenvalue weighted by Crippen LogP contribution is 2.33. The van der Waals surface area contributed by atoms with Crippen LogP contribution in [0, 0.1) is 0 Å². The molecule has 2 N–H and O–H groups in total. The number of halogens is 1. The zero-order valence-corrected chi connectivity index (χ0v) is 8.55. The first-order valence-corrected chi connectivity index (χ1v) is 5.06. The highest BCUT2D eigenvalue weighted by Gasteiger charge is 2.13. The maximum absolute atomic E-state index is 8.60. The standard InChI is InChI=1S/C8H6BClO3S/c10-6-2-1-5-3-8(13-9(11)12)14-7(5)4-6/h1-4,11-12H. The molecule has 0 unspecified atom stereocenters. The Bertz CT molecular complexity index is 457. The predicted molar refractivity (Wildman–Crippen MR) is 57.7 cm³/mol. The van der Waals surface area contributed by atoms with E-state index in [0.717, 1.165) is 10.1 Å². The lowest BCUT2D eigenvalue weighted by molar-refractivity contribution is 0.292. The minimum Gasteiger partial charge on any atom is -0.504 e. The van der Waals surface area contributed by atoms with Crippen molar-refractivity contribution < 1.29 is 14.7 Å². The van der Waals surface area contributed by atoms with Crippen LogP contribution in [-0.4, -0.2) is 17.4 Å². The molecule has 0 atom stereocenters. The van der Waals surface area contributed by atoms with Crippen LogP contribution in [0.3, 0.4) is 0 Å². The molecule has 14 heavy (non-hydrogen) atoms. The van der Waals surface area contributed by atoms with Crippen LogP contribution >= 0.6 is 22.9 Å². The number of fused-ring (bicyclic) bond motifs is 1. The van der Waals surface area contributed by atoms with Crippen LogP contribution in [0.5, 0.6) is 5.06 Å². The van der Waals surface area contributed by atoms with Crippen molar-refractivity contribution in [3.8, 4) is 5.06 Å². The molecule has 0 saturated heterocycles. The summed E-state index contributed by atoms with van der Waals surface area (Å²) < 4.78 is 5.68. The first kappa shape index (κ1) is 9.80. The lowest BCUT2D eigenvalue weighted by Crippen LogP contribution is -2.19. The first-order chi connectivity index (χ1) is 6.65. The third-order valence-corrected chi connectivity index (χ3v) is 2.90. The molecule has 1 aromatic carbocycles. The quantitative estimate of drug-likeness (QED) is 0.772. The summed E-state index contributed by atoms with van der Waals surface area (Å²) in [6.07, 6.45) is 0. The van der Waals surface area contributed by atoms with E-state index < -0.39 is 7.32 Å². The van der Waals surface area contributed by atoms with E-state index in [1.165, 1.54) is 11.3 Å². The van der Waals surface area contributed by atoms with E-state index in [1.807, 2.05) is 6.07 Å². The van der Waals surface area contributed by atoms with Gasteiger partial charge in [-0.3, -0.25) is 0 Å². The Hall–Kier alpha value is -0.745. The first-order valence-electron chi connectivity index (χ1n) is 3.87. The maximum atomic E-state index is 8.60. The highest BCUT2D eigenvalue weighted by atomic mass is 35.5. The average molecular weight is 228 g/mol. The molecule has 0 spiro atoms. The lowest BCUT2D eigenvalue weighted by Gasteiger charge is -1.97. The van der Waals surface area contributed by atoms with Gasteiger partial charge in [0.25, 0.3) is 0 Å². The van der Waals surface area contributed by atoms with Crippen molar-refractivity contribution >= 4 is 40.3 Å². The van der Waals surface area contributed by atoms with E-state index in [9.17, 15) is 0 Å². The Labute approximate surface area is 89.7 Å². The van der Waals surface area contributed by atoms with Crippen molar-refractivity contribution in [1.29, 1.82) is 0 Å². The molecule has 3 nitrogen and oxygen atoms in total. The van der Waals surface area contributed by atoms with E-state index in [0.29, 0.717) is 10.1 Å². The van der Waals surface area contributed by atoms with Crippen LogP contribution < -0.4 is 4.65 Å². The SMILES string of the molecule is OB(O)Oc1cc2ccc(Cl)cc2s1. The molecule has 1 heterocycles. The topological polar surface area (TPSA) is 49.7 Å². The minimum atomic E-state index is -1.78. The van der Waals surface area contributed by atoms with Gasteiger partial charge in [-0.25, -0.2) is 0 Å². The molecule has 6 heteroatoms. The highest BCUT2D eigenvalue weighted by molar-refractivity contribution is 7.20. The monoisotopic (exact) mass is 228 g/mol. The normalized spacial score (nSPS) is 10.5. The van der Waals surface area contributed by atoms with E-state index in [-0.39, 0.29) is 0 Å². The fourth-order valence-electron chi connectivity index (χ4n) is 1.14. The molecule has 2 aromatic rings. The summed E-state index contributed by atoms with van der Waals surface area (Å²) in [5.41, 5.74) is 0. The molecule has 0 amide bonds. The van der Waals surface area contributed by atoms with E-state index in [1.54, 1.807) is 18.2 Å². The summed E-state index contributed by atoms with van der Waals surface area (Å²) in [5.74, 6) is 0. The van der Waals surface area contributed by atoms with Crippen molar-refractivity contribution in [2.75, 3.05) is 0 Å². The molecular weight excluding hydrogens is 222 g/mol. The number of rotatable bonds is 2. The van der Waals surface area contributed by atoms with Gasteiger partial charge in [-0.2, -0.15) is 0 Å². The Kier molecular flexibility index (Phi) is 2.65. The molecule has 0 bridgehead atoms. The summed E-state index contributed by atoms with van der Waals surface area (Å²) >= 11 is 7.11. The summed E-state index contributed by atoms with van der Waals surface area (Å²) in [6.45, 7) is 0. The van der Waals surface area contributed by atoms with Crippen molar-refractivity contribution in [3.05, 3.63) is 29.3 Å². The Morgan fingerprint density at radius 2 is 2.07 bits per heavy atom. The van der Waals surface area contributed by atoms with Gasteiger partial charge >= 0.3 is 7.32 Å². The zero-order valence-electron chi connectivity index (χ0n) is 6.98. The van der Waals surface area contributed by atoms with Gasteiger partial charge in [0.05, 0.1) is 0 Å². The molecular formula is C8H6BClO3S. The van der Waals surface area contributed by atoms with E-state index in [4.69, 9.17) is 26.3 Å². The molecule has 0 aliphatic carbocycles. The molecule has 0 aliphatic rings. The third-order valence-electron chi connectivity index (χ3n) is 1.68. The van der Waals surface area contributed by atoms with Gasteiger partial charge in [0, 0.05) is 9.72 Å².